The van der Waals surface area contributed by atoms with E-state index in [9.17, 15) is 0 Å². The molecule has 0 saturated carbocycles. The zero-order valence-electron chi connectivity index (χ0n) is 11.9. The molecule has 106 valence electrons. The van der Waals surface area contributed by atoms with Crippen LogP contribution in [0.15, 0.2) is 28.7 Å². The Morgan fingerprint density at radius 3 is 2.50 bits per heavy atom. The molecule has 1 heterocycles. The highest BCUT2D eigenvalue weighted by atomic mass is 79.9. The summed E-state index contributed by atoms with van der Waals surface area (Å²) in [6.45, 7) is 8.08. The van der Waals surface area contributed by atoms with Gasteiger partial charge in [0.25, 0.3) is 0 Å². The average Bonchev–Trinajstić information content (AvgIpc) is 2.32. The Kier molecular flexibility index (Phi) is 4.35. The number of aryl methyl sites for hydroxylation is 1. The summed E-state index contributed by atoms with van der Waals surface area (Å²) >= 11 is 9.48. The Balaban J connectivity index is 2.39. The van der Waals surface area contributed by atoms with Gasteiger partial charge < -0.3 is 4.74 Å². The molecule has 2 aromatic rings. The summed E-state index contributed by atoms with van der Waals surface area (Å²) in [7, 11) is 0. The lowest BCUT2D eigenvalue weighted by molar-refractivity contribution is 0.443. The summed E-state index contributed by atoms with van der Waals surface area (Å²) in [5.41, 5.74) is 0.843. The standard InChI is InChI=1S/C15H16BrClN2O/c1-9-5-6-10(16)7-11(9)20-13-8-12(17)18-14(19-13)15(2,3)4/h5-8H,1-4H3. The quantitative estimate of drug-likeness (QED) is 0.686. The van der Waals surface area contributed by atoms with Crippen LogP contribution in [0, 0.1) is 6.92 Å². The fourth-order valence-electron chi connectivity index (χ4n) is 1.58. The molecule has 0 spiro atoms. The van der Waals surface area contributed by atoms with Gasteiger partial charge in [-0.3, -0.25) is 0 Å². The molecule has 0 atom stereocenters. The second kappa shape index (κ2) is 5.70. The van der Waals surface area contributed by atoms with Crippen LogP contribution in [0.1, 0.15) is 32.2 Å². The molecule has 2 rings (SSSR count). The lowest BCUT2D eigenvalue weighted by atomic mass is 9.96. The Bertz CT molecular complexity index is 638. The third-order valence-corrected chi connectivity index (χ3v) is 3.39. The second-order valence-corrected chi connectivity index (χ2v) is 6.92. The van der Waals surface area contributed by atoms with Crippen molar-refractivity contribution in [2.75, 3.05) is 0 Å². The second-order valence-electron chi connectivity index (χ2n) is 5.61. The highest BCUT2D eigenvalue weighted by Crippen LogP contribution is 2.29. The van der Waals surface area contributed by atoms with Crippen molar-refractivity contribution in [3.05, 3.63) is 45.3 Å². The summed E-state index contributed by atoms with van der Waals surface area (Å²) < 4.78 is 6.79. The van der Waals surface area contributed by atoms with Crippen molar-refractivity contribution < 1.29 is 4.74 Å². The number of aromatic nitrogens is 2. The van der Waals surface area contributed by atoms with E-state index in [1.165, 1.54) is 0 Å². The van der Waals surface area contributed by atoms with Crippen molar-refractivity contribution in [3.8, 4) is 11.6 Å². The topological polar surface area (TPSA) is 35.0 Å². The van der Waals surface area contributed by atoms with Crippen molar-refractivity contribution in [1.82, 2.24) is 9.97 Å². The van der Waals surface area contributed by atoms with Crippen LogP contribution in [0.25, 0.3) is 0 Å². The molecule has 0 amide bonds. The predicted molar refractivity (Wildman–Crippen MR) is 84.7 cm³/mol. The molecule has 0 bridgehead atoms. The number of hydrogen-bond donors (Lipinski definition) is 0. The first-order valence-corrected chi connectivity index (χ1v) is 7.42. The first kappa shape index (κ1) is 15.3. The molecule has 0 radical (unpaired) electrons. The van der Waals surface area contributed by atoms with Gasteiger partial charge >= 0.3 is 0 Å². The maximum Gasteiger partial charge on any atom is 0.224 e. The molecular formula is C15H16BrClN2O. The molecule has 3 nitrogen and oxygen atoms in total. The molecule has 0 aliphatic rings. The van der Waals surface area contributed by atoms with E-state index in [0.717, 1.165) is 15.8 Å². The van der Waals surface area contributed by atoms with Crippen molar-refractivity contribution in [2.24, 2.45) is 0 Å². The van der Waals surface area contributed by atoms with E-state index in [4.69, 9.17) is 16.3 Å². The molecule has 1 aromatic carbocycles. The van der Waals surface area contributed by atoms with E-state index < -0.39 is 0 Å². The minimum atomic E-state index is -0.185. The average molecular weight is 356 g/mol. The molecule has 0 unspecified atom stereocenters. The summed E-state index contributed by atoms with van der Waals surface area (Å²) in [6.07, 6.45) is 0. The molecule has 0 fully saturated rings. The van der Waals surface area contributed by atoms with Crippen LogP contribution >= 0.6 is 27.5 Å². The van der Waals surface area contributed by atoms with Gasteiger partial charge in [0.05, 0.1) is 0 Å². The van der Waals surface area contributed by atoms with Gasteiger partial charge in [0, 0.05) is 16.0 Å². The van der Waals surface area contributed by atoms with Gasteiger partial charge in [0.15, 0.2) is 0 Å². The van der Waals surface area contributed by atoms with E-state index in [1.807, 2.05) is 45.9 Å². The molecule has 0 aliphatic carbocycles. The summed E-state index contributed by atoms with van der Waals surface area (Å²) in [5.74, 6) is 1.86. The van der Waals surface area contributed by atoms with Gasteiger partial charge in [0.1, 0.15) is 16.7 Å². The molecule has 0 saturated heterocycles. The van der Waals surface area contributed by atoms with Crippen LogP contribution in [0.4, 0.5) is 0 Å². The maximum absolute atomic E-state index is 6.05. The van der Waals surface area contributed by atoms with Crippen LogP contribution in [-0.2, 0) is 5.41 Å². The van der Waals surface area contributed by atoms with Gasteiger partial charge in [-0.05, 0) is 24.6 Å². The van der Waals surface area contributed by atoms with Crippen LogP contribution in [-0.4, -0.2) is 9.97 Å². The Hall–Kier alpha value is -1.13. The summed E-state index contributed by atoms with van der Waals surface area (Å²) in [4.78, 5) is 8.69. The maximum atomic E-state index is 6.05. The van der Waals surface area contributed by atoms with Gasteiger partial charge in [-0.2, -0.15) is 4.98 Å². The lowest BCUT2D eigenvalue weighted by Crippen LogP contribution is -2.16. The van der Waals surface area contributed by atoms with Gasteiger partial charge in [-0.15, -0.1) is 0 Å². The minimum absolute atomic E-state index is 0.185. The van der Waals surface area contributed by atoms with E-state index in [-0.39, 0.29) is 5.41 Å². The number of rotatable bonds is 2. The van der Waals surface area contributed by atoms with Crippen LogP contribution in [0.5, 0.6) is 11.6 Å². The third kappa shape index (κ3) is 3.70. The van der Waals surface area contributed by atoms with Crippen molar-refractivity contribution in [2.45, 2.75) is 33.1 Å². The number of ether oxygens (including phenoxy) is 1. The molecular weight excluding hydrogens is 340 g/mol. The van der Waals surface area contributed by atoms with Crippen LogP contribution in [0.3, 0.4) is 0 Å². The normalized spacial score (nSPS) is 11.5. The van der Waals surface area contributed by atoms with Crippen molar-refractivity contribution in [1.29, 1.82) is 0 Å². The highest BCUT2D eigenvalue weighted by molar-refractivity contribution is 9.10. The Morgan fingerprint density at radius 1 is 1.15 bits per heavy atom. The minimum Gasteiger partial charge on any atom is -0.439 e. The summed E-state index contributed by atoms with van der Waals surface area (Å²) in [6, 6.07) is 7.47. The van der Waals surface area contributed by atoms with Crippen molar-refractivity contribution in [3.63, 3.8) is 0 Å². The highest BCUT2D eigenvalue weighted by Gasteiger charge is 2.19. The molecule has 5 heteroatoms. The van der Waals surface area contributed by atoms with Gasteiger partial charge in [-0.1, -0.05) is 54.4 Å². The lowest BCUT2D eigenvalue weighted by Gasteiger charge is -2.17. The van der Waals surface area contributed by atoms with Gasteiger partial charge in [-0.25, -0.2) is 4.98 Å². The first-order chi connectivity index (χ1) is 9.25. The number of hydrogen-bond acceptors (Lipinski definition) is 3. The van der Waals surface area contributed by atoms with E-state index in [2.05, 4.69) is 25.9 Å². The molecule has 20 heavy (non-hydrogen) atoms. The van der Waals surface area contributed by atoms with E-state index in [0.29, 0.717) is 16.9 Å². The zero-order chi connectivity index (χ0) is 14.9. The monoisotopic (exact) mass is 354 g/mol. The smallest absolute Gasteiger partial charge is 0.224 e. The number of halogens is 2. The number of benzene rings is 1. The molecule has 0 aliphatic heterocycles. The predicted octanol–water partition coefficient (Wildman–Crippen LogP) is 5.29. The van der Waals surface area contributed by atoms with Crippen molar-refractivity contribution >= 4 is 27.5 Å². The molecule has 0 N–H and O–H groups in total. The van der Waals surface area contributed by atoms with Crippen LogP contribution in [0.2, 0.25) is 5.15 Å². The van der Waals surface area contributed by atoms with Gasteiger partial charge in [0.2, 0.25) is 5.88 Å². The Morgan fingerprint density at radius 2 is 1.85 bits per heavy atom. The van der Waals surface area contributed by atoms with E-state index >= 15 is 0 Å². The number of nitrogens with zero attached hydrogens (tertiary/aromatic N) is 2. The largest absolute Gasteiger partial charge is 0.439 e. The fourth-order valence-corrected chi connectivity index (χ4v) is 2.09. The fraction of sp³-hybridized carbons (Fsp3) is 0.333. The Labute approximate surface area is 132 Å². The first-order valence-electron chi connectivity index (χ1n) is 6.25. The molecule has 1 aromatic heterocycles. The zero-order valence-corrected chi connectivity index (χ0v) is 14.2. The third-order valence-electron chi connectivity index (χ3n) is 2.71. The SMILES string of the molecule is Cc1ccc(Br)cc1Oc1cc(Cl)nc(C(C)(C)C)n1. The summed E-state index contributed by atoms with van der Waals surface area (Å²) in [5, 5.41) is 0.382. The van der Waals surface area contributed by atoms with E-state index in [1.54, 1.807) is 6.07 Å². The van der Waals surface area contributed by atoms with Crippen LogP contribution < -0.4 is 4.74 Å².